The zero-order valence-corrected chi connectivity index (χ0v) is 25.2. The molecule has 2 heterocycles. The van der Waals surface area contributed by atoms with Gasteiger partial charge >= 0.3 is 0 Å². The van der Waals surface area contributed by atoms with Crippen LogP contribution in [0.4, 0.5) is 0 Å². The van der Waals surface area contributed by atoms with Gasteiger partial charge in [-0.3, -0.25) is 19.2 Å². The number of aromatic nitrogens is 1. The smallest absolute Gasteiger partial charge is 0.243 e. The second-order valence-corrected chi connectivity index (χ2v) is 14.1. The van der Waals surface area contributed by atoms with E-state index in [1.165, 1.54) is 11.0 Å². The van der Waals surface area contributed by atoms with Gasteiger partial charge < -0.3 is 20.3 Å². The lowest BCUT2D eigenvalue weighted by atomic mass is 10.1. The molecule has 2 N–H and O–H groups in total. The van der Waals surface area contributed by atoms with Gasteiger partial charge in [-0.1, -0.05) is 34.7 Å². The molecule has 4 atom stereocenters. The zero-order valence-electron chi connectivity index (χ0n) is 22.8. The normalized spacial score (nSPS) is 25.0. The molecule has 222 valence electrons. The first-order valence-electron chi connectivity index (χ1n) is 13.6. The molecule has 1 aliphatic heterocycles. The van der Waals surface area contributed by atoms with E-state index in [1.807, 2.05) is 24.3 Å². The molecular formula is C29H31BrN4O7S. The summed E-state index contributed by atoms with van der Waals surface area (Å²) >= 11 is 3.45. The monoisotopic (exact) mass is 658 g/mol. The molecule has 3 aliphatic rings. The van der Waals surface area contributed by atoms with Crippen LogP contribution in [-0.2, 0) is 29.0 Å². The Hall–Kier alpha value is -3.58. The van der Waals surface area contributed by atoms with Crippen LogP contribution in [0, 0.1) is 5.92 Å². The number of benzene rings is 1. The van der Waals surface area contributed by atoms with Crippen LogP contribution in [0.3, 0.4) is 0 Å². The average molecular weight is 660 g/mol. The second-order valence-electron chi connectivity index (χ2n) is 10.9. The Kier molecular flexibility index (Phi) is 8.26. The number of nitrogens with zero attached hydrogens (tertiary/aromatic N) is 2. The number of hydrogen-bond donors (Lipinski definition) is 2. The van der Waals surface area contributed by atoms with E-state index in [0.717, 1.165) is 21.3 Å². The highest BCUT2D eigenvalue weighted by Gasteiger charge is 2.61. The van der Waals surface area contributed by atoms with Gasteiger partial charge in [0.1, 0.15) is 23.4 Å². The molecule has 11 nitrogen and oxygen atoms in total. The second kappa shape index (κ2) is 11.6. The lowest BCUT2D eigenvalue weighted by molar-refractivity contribution is -0.139. The maximum absolute atomic E-state index is 13.7. The Bertz CT molecular complexity index is 1590. The number of likely N-dealkylation sites (tertiary alicyclic amines) is 1. The molecule has 13 heteroatoms. The number of fused-ring (bicyclic) bond motifs is 1. The Labute approximate surface area is 251 Å². The van der Waals surface area contributed by atoms with Crippen molar-refractivity contribution in [3.63, 3.8) is 0 Å². The highest BCUT2D eigenvalue weighted by Crippen LogP contribution is 2.46. The van der Waals surface area contributed by atoms with Gasteiger partial charge in [0, 0.05) is 28.4 Å². The van der Waals surface area contributed by atoms with Crippen LogP contribution in [0.15, 0.2) is 60.2 Å². The van der Waals surface area contributed by atoms with Gasteiger partial charge in [0.2, 0.25) is 23.6 Å². The molecule has 3 amide bonds. The number of ether oxygens (including phenoxy) is 1. The minimum absolute atomic E-state index is 0.0227. The summed E-state index contributed by atoms with van der Waals surface area (Å²) in [5, 5.41) is 6.32. The maximum atomic E-state index is 13.7. The molecule has 42 heavy (non-hydrogen) atoms. The fourth-order valence-electron chi connectivity index (χ4n) is 5.38. The molecule has 0 unspecified atom stereocenters. The molecular weight excluding hydrogens is 628 g/mol. The Balaban J connectivity index is 1.37. The van der Waals surface area contributed by atoms with Crippen molar-refractivity contribution in [1.29, 1.82) is 0 Å². The van der Waals surface area contributed by atoms with E-state index in [-0.39, 0.29) is 25.9 Å². The number of halogens is 1. The van der Waals surface area contributed by atoms with Crippen LogP contribution < -0.4 is 15.4 Å². The van der Waals surface area contributed by atoms with Crippen molar-refractivity contribution in [2.24, 2.45) is 5.92 Å². The van der Waals surface area contributed by atoms with Crippen LogP contribution >= 0.6 is 15.9 Å². The lowest BCUT2D eigenvalue weighted by Crippen LogP contribution is -2.55. The number of amides is 3. The number of sulfone groups is 1. The molecule has 1 aromatic carbocycles. The Morgan fingerprint density at radius 2 is 1.95 bits per heavy atom. The van der Waals surface area contributed by atoms with E-state index in [4.69, 9.17) is 4.74 Å². The summed E-state index contributed by atoms with van der Waals surface area (Å²) < 4.78 is 32.2. The molecule has 0 radical (unpaired) electrons. The van der Waals surface area contributed by atoms with Crippen molar-refractivity contribution in [3.05, 3.63) is 60.2 Å². The van der Waals surface area contributed by atoms with Gasteiger partial charge in [-0.25, -0.2) is 13.4 Å². The standard InChI is InChI=1S/C29H31BrN4O7S/c1-3-18-13-29(18,24(35)16-42(39,40)21-7-8-21)33-27(38)23-12-20(15-34(23)26(37)14-32-25(36)4-2)41-28-22-11-19(30)6-5-17(22)9-10-31-28/h3-6,9-11,18,20-21,23H,1-2,7-8,12-16H2,(H,32,36)(H,33,38)/t18-,20-,23+,29-/m1/s1. The number of rotatable bonds is 12. The number of carbonyl (C=O) groups is 4. The van der Waals surface area contributed by atoms with Crippen molar-refractivity contribution in [2.75, 3.05) is 18.8 Å². The maximum Gasteiger partial charge on any atom is 0.243 e. The Morgan fingerprint density at radius 1 is 1.19 bits per heavy atom. The molecule has 1 aromatic heterocycles. The molecule has 5 rings (SSSR count). The minimum atomic E-state index is -3.60. The third kappa shape index (κ3) is 6.12. The first kappa shape index (κ1) is 29.9. The summed E-state index contributed by atoms with van der Waals surface area (Å²) in [7, 11) is -3.60. The predicted molar refractivity (Wildman–Crippen MR) is 158 cm³/mol. The lowest BCUT2D eigenvalue weighted by Gasteiger charge is -2.26. The number of Topliss-reactive ketones (excluding diaryl/α,β-unsaturated/α-hetero) is 1. The van der Waals surface area contributed by atoms with Gasteiger partial charge in [0.05, 0.1) is 18.3 Å². The molecule has 1 saturated heterocycles. The van der Waals surface area contributed by atoms with Crippen molar-refractivity contribution >= 4 is 60.0 Å². The first-order chi connectivity index (χ1) is 20.0. The molecule has 0 bridgehead atoms. The van der Waals surface area contributed by atoms with Crippen LogP contribution in [0.5, 0.6) is 5.88 Å². The van der Waals surface area contributed by atoms with E-state index in [2.05, 4.69) is 44.7 Å². The summed E-state index contributed by atoms with van der Waals surface area (Å²) in [6.07, 6.45) is 4.91. The number of nitrogens with one attached hydrogen (secondary N) is 2. The quantitative estimate of drug-likeness (QED) is 0.259. The highest BCUT2D eigenvalue weighted by molar-refractivity contribution is 9.10. The molecule has 2 saturated carbocycles. The average Bonchev–Trinajstić information content (AvgIpc) is 3.88. The van der Waals surface area contributed by atoms with Crippen molar-refractivity contribution in [1.82, 2.24) is 20.5 Å². The fourth-order valence-corrected chi connectivity index (χ4v) is 7.45. The summed E-state index contributed by atoms with van der Waals surface area (Å²) in [6.45, 7) is 6.76. The van der Waals surface area contributed by atoms with Gasteiger partial charge in [-0.2, -0.15) is 0 Å². The summed E-state index contributed by atoms with van der Waals surface area (Å²) in [6, 6.07) is 6.45. The van der Waals surface area contributed by atoms with Gasteiger partial charge in [0.25, 0.3) is 0 Å². The molecule has 3 fully saturated rings. The molecule has 2 aliphatic carbocycles. The van der Waals surface area contributed by atoms with E-state index in [0.29, 0.717) is 18.7 Å². The number of ketones is 1. The van der Waals surface area contributed by atoms with Crippen molar-refractivity contribution in [2.45, 2.75) is 48.6 Å². The van der Waals surface area contributed by atoms with Crippen LogP contribution in [0.25, 0.3) is 10.8 Å². The fraction of sp³-hybridized carbons (Fsp3) is 0.414. The third-order valence-corrected chi connectivity index (χ3v) is 10.6. The number of carbonyl (C=O) groups excluding carboxylic acids is 4. The minimum Gasteiger partial charge on any atom is -0.472 e. The SMILES string of the molecule is C=CC(=O)NCC(=O)N1C[C@H](Oc2nccc3ccc(Br)cc23)C[C@H]1C(=O)N[C@]1(C(=O)CS(=O)(=O)C2CC2)C[C@H]1C=C. The van der Waals surface area contributed by atoms with Gasteiger partial charge in [-0.05, 0) is 48.9 Å². The topological polar surface area (TPSA) is 152 Å². The van der Waals surface area contributed by atoms with E-state index in [1.54, 1.807) is 6.20 Å². The van der Waals surface area contributed by atoms with Crippen LogP contribution in [0.2, 0.25) is 0 Å². The third-order valence-electron chi connectivity index (χ3n) is 7.96. The highest BCUT2D eigenvalue weighted by atomic mass is 79.9. The van der Waals surface area contributed by atoms with Crippen molar-refractivity contribution < 1.29 is 32.3 Å². The summed E-state index contributed by atoms with van der Waals surface area (Å²) in [5.41, 5.74) is -1.39. The van der Waals surface area contributed by atoms with Crippen molar-refractivity contribution in [3.8, 4) is 5.88 Å². The summed E-state index contributed by atoms with van der Waals surface area (Å²) in [5.74, 6) is -3.02. The van der Waals surface area contributed by atoms with E-state index in [9.17, 15) is 27.6 Å². The zero-order chi connectivity index (χ0) is 30.2. The molecule has 0 spiro atoms. The van der Waals surface area contributed by atoms with Crippen LogP contribution in [0.1, 0.15) is 25.7 Å². The van der Waals surface area contributed by atoms with E-state index >= 15 is 0 Å². The van der Waals surface area contributed by atoms with E-state index < -0.39 is 67.9 Å². The van der Waals surface area contributed by atoms with Gasteiger partial charge in [0.15, 0.2) is 15.6 Å². The van der Waals surface area contributed by atoms with Crippen LogP contribution in [-0.4, -0.2) is 83.6 Å². The predicted octanol–water partition coefficient (Wildman–Crippen LogP) is 1.85. The molecule has 2 aromatic rings. The first-order valence-corrected chi connectivity index (χ1v) is 16.1. The Morgan fingerprint density at radius 3 is 2.62 bits per heavy atom. The number of pyridine rings is 1. The largest absolute Gasteiger partial charge is 0.472 e. The van der Waals surface area contributed by atoms with Gasteiger partial charge in [-0.15, -0.1) is 6.58 Å². The number of hydrogen-bond acceptors (Lipinski definition) is 8. The summed E-state index contributed by atoms with van der Waals surface area (Å²) in [4.78, 5) is 57.5.